The van der Waals surface area contributed by atoms with Gasteiger partial charge in [0.2, 0.25) is 5.95 Å². The molecule has 148 valence electrons. The molecule has 3 N–H and O–H groups in total. The van der Waals surface area contributed by atoms with Crippen LogP contribution >= 0.6 is 0 Å². The van der Waals surface area contributed by atoms with Gasteiger partial charge >= 0.3 is 0 Å². The molecule has 0 radical (unpaired) electrons. The number of nitrogens with two attached hydrogens (primary N) is 1. The summed E-state index contributed by atoms with van der Waals surface area (Å²) < 4.78 is 1.79. The van der Waals surface area contributed by atoms with Gasteiger partial charge in [-0.25, -0.2) is 14.5 Å². The Hall–Kier alpha value is -2.90. The molecule has 0 spiro atoms. The molecule has 3 aromatic rings. The van der Waals surface area contributed by atoms with Gasteiger partial charge in [-0.1, -0.05) is 13.0 Å². The Kier molecular flexibility index (Phi) is 5.27. The largest absolute Gasteiger partial charge is 0.380 e. The first-order valence-electron chi connectivity index (χ1n) is 10.1. The van der Waals surface area contributed by atoms with E-state index in [1.54, 1.807) is 4.52 Å². The zero-order valence-electron chi connectivity index (χ0n) is 16.6. The summed E-state index contributed by atoms with van der Waals surface area (Å²) in [5.74, 6) is 2.02. The highest BCUT2D eigenvalue weighted by molar-refractivity contribution is 5.61. The standard InChI is InChI=1S/C20H28N8/c1-3-7-22-20-25-17(21)19-24-13-16(28(19)26-20)11-15-10-14(2)18(23-12-15)27-8-5-4-6-9-27/h10,12-13H,3-9,11H2,1-2H3,(H3,21,22,25,26). The van der Waals surface area contributed by atoms with Gasteiger partial charge in [-0.15, -0.1) is 5.10 Å². The van der Waals surface area contributed by atoms with Crippen LogP contribution < -0.4 is 16.0 Å². The quantitative estimate of drug-likeness (QED) is 0.678. The van der Waals surface area contributed by atoms with Crippen LogP contribution in [0.25, 0.3) is 5.65 Å². The Balaban J connectivity index is 1.59. The number of piperidine rings is 1. The van der Waals surface area contributed by atoms with E-state index in [1.807, 2.05) is 12.4 Å². The average molecular weight is 381 g/mol. The summed E-state index contributed by atoms with van der Waals surface area (Å²) in [5.41, 5.74) is 9.98. The molecule has 0 amide bonds. The summed E-state index contributed by atoms with van der Waals surface area (Å²) in [5, 5.41) is 7.76. The van der Waals surface area contributed by atoms with Crippen molar-refractivity contribution in [3.8, 4) is 0 Å². The van der Waals surface area contributed by atoms with E-state index >= 15 is 0 Å². The first-order chi connectivity index (χ1) is 13.7. The smallest absolute Gasteiger partial charge is 0.243 e. The van der Waals surface area contributed by atoms with Crippen LogP contribution in [0, 0.1) is 6.92 Å². The first-order valence-corrected chi connectivity index (χ1v) is 10.1. The van der Waals surface area contributed by atoms with Crippen LogP contribution in [0.15, 0.2) is 18.5 Å². The third-order valence-corrected chi connectivity index (χ3v) is 5.14. The van der Waals surface area contributed by atoms with E-state index in [0.29, 0.717) is 23.8 Å². The number of aromatic nitrogens is 5. The summed E-state index contributed by atoms with van der Waals surface area (Å²) in [6.45, 7) is 7.24. The van der Waals surface area contributed by atoms with E-state index in [4.69, 9.17) is 10.7 Å². The molecule has 0 atom stereocenters. The summed E-state index contributed by atoms with van der Waals surface area (Å²) in [6, 6.07) is 2.22. The first kappa shape index (κ1) is 18.5. The van der Waals surface area contributed by atoms with Gasteiger partial charge in [0.25, 0.3) is 0 Å². The van der Waals surface area contributed by atoms with E-state index in [0.717, 1.165) is 43.1 Å². The topological polar surface area (TPSA) is 97.3 Å². The minimum atomic E-state index is 0.384. The maximum atomic E-state index is 6.07. The van der Waals surface area contributed by atoms with Crippen molar-refractivity contribution in [1.29, 1.82) is 0 Å². The molecule has 1 saturated heterocycles. The van der Waals surface area contributed by atoms with Crippen LogP contribution in [-0.4, -0.2) is 44.2 Å². The number of aryl methyl sites for hydroxylation is 1. The predicted octanol–water partition coefficient (Wildman–Crippen LogP) is 2.81. The van der Waals surface area contributed by atoms with Gasteiger partial charge < -0.3 is 16.0 Å². The lowest BCUT2D eigenvalue weighted by atomic mass is 10.1. The van der Waals surface area contributed by atoms with E-state index < -0.39 is 0 Å². The highest BCUT2D eigenvalue weighted by Crippen LogP contribution is 2.23. The van der Waals surface area contributed by atoms with E-state index in [2.05, 4.69) is 45.2 Å². The SMILES string of the molecule is CCCNc1nc(N)c2ncc(Cc3cnc(N4CCCCC4)c(C)c3)n2n1. The fraction of sp³-hybridized carbons (Fsp3) is 0.500. The number of pyridine rings is 1. The predicted molar refractivity (Wildman–Crippen MR) is 112 cm³/mol. The highest BCUT2D eigenvalue weighted by atomic mass is 15.3. The molecule has 3 aromatic heterocycles. The molecule has 28 heavy (non-hydrogen) atoms. The maximum absolute atomic E-state index is 6.07. The molecule has 0 aliphatic carbocycles. The number of nitrogen functional groups attached to an aromatic ring is 1. The molecule has 1 aliphatic heterocycles. The molecule has 1 fully saturated rings. The maximum Gasteiger partial charge on any atom is 0.243 e. The molecule has 8 heteroatoms. The molecule has 0 bridgehead atoms. The summed E-state index contributed by atoms with van der Waals surface area (Å²) >= 11 is 0. The zero-order valence-corrected chi connectivity index (χ0v) is 16.6. The van der Waals surface area contributed by atoms with E-state index in [-0.39, 0.29) is 0 Å². The molecule has 1 aliphatic rings. The minimum absolute atomic E-state index is 0.384. The molecular weight excluding hydrogens is 352 g/mol. The second-order valence-electron chi connectivity index (χ2n) is 7.44. The van der Waals surface area contributed by atoms with Crippen molar-refractivity contribution in [1.82, 2.24) is 24.6 Å². The van der Waals surface area contributed by atoms with Crippen LogP contribution in [0.3, 0.4) is 0 Å². The Labute approximate surface area is 165 Å². The molecule has 0 saturated carbocycles. The molecular formula is C20H28N8. The van der Waals surface area contributed by atoms with Crippen molar-refractivity contribution in [2.75, 3.05) is 35.6 Å². The van der Waals surface area contributed by atoms with Gasteiger partial charge in [-0.05, 0) is 43.7 Å². The number of hydrogen-bond acceptors (Lipinski definition) is 7. The number of rotatable bonds is 6. The van der Waals surface area contributed by atoms with Crippen LogP contribution in [0.4, 0.5) is 17.6 Å². The third-order valence-electron chi connectivity index (χ3n) is 5.14. The number of fused-ring (bicyclic) bond motifs is 1. The van der Waals surface area contributed by atoms with Crippen LogP contribution in [0.1, 0.15) is 49.4 Å². The lowest BCUT2D eigenvalue weighted by Gasteiger charge is -2.29. The van der Waals surface area contributed by atoms with Crippen molar-refractivity contribution in [3.63, 3.8) is 0 Å². The van der Waals surface area contributed by atoms with Crippen LogP contribution in [-0.2, 0) is 6.42 Å². The Morgan fingerprint density at radius 1 is 1.14 bits per heavy atom. The van der Waals surface area contributed by atoms with Crippen LogP contribution in [0.2, 0.25) is 0 Å². The van der Waals surface area contributed by atoms with Crippen molar-refractivity contribution in [2.45, 2.75) is 46.0 Å². The monoisotopic (exact) mass is 380 g/mol. The molecule has 8 nitrogen and oxygen atoms in total. The zero-order chi connectivity index (χ0) is 19.5. The van der Waals surface area contributed by atoms with E-state index in [9.17, 15) is 0 Å². The van der Waals surface area contributed by atoms with Gasteiger partial charge in [-0.3, -0.25) is 0 Å². The lowest BCUT2D eigenvalue weighted by molar-refractivity contribution is 0.572. The average Bonchev–Trinajstić information content (AvgIpc) is 3.10. The Morgan fingerprint density at radius 2 is 1.96 bits per heavy atom. The second-order valence-corrected chi connectivity index (χ2v) is 7.44. The summed E-state index contributed by atoms with van der Waals surface area (Å²) in [7, 11) is 0. The second kappa shape index (κ2) is 8.00. The van der Waals surface area contributed by atoms with Crippen molar-refractivity contribution < 1.29 is 0 Å². The van der Waals surface area contributed by atoms with Crippen molar-refractivity contribution >= 4 is 23.2 Å². The highest BCUT2D eigenvalue weighted by Gasteiger charge is 2.16. The van der Waals surface area contributed by atoms with Gasteiger partial charge in [0.15, 0.2) is 11.5 Å². The summed E-state index contributed by atoms with van der Waals surface area (Å²) in [4.78, 5) is 15.9. The van der Waals surface area contributed by atoms with Crippen molar-refractivity contribution in [2.24, 2.45) is 0 Å². The Morgan fingerprint density at radius 3 is 2.71 bits per heavy atom. The van der Waals surface area contributed by atoms with Gasteiger partial charge in [0.05, 0.1) is 11.9 Å². The molecule has 0 aromatic carbocycles. The van der Waals surface area contributed by atoms with Crippen molar-refractivity contribution in [3.05, 3.63) is 35.3 Å². The number of nitrogens with one attached hydrogen (secondary N) is 1. The van der Waals surface area contributed by atoms with Gasteiger partial charge in [0, 0.05) is 32.3 Å². The van der Waals surface area contributed by atoms with E-state index in [1.165, 1.54) is 24.8 Å². The third kappa shape index (κ3) is 3.72. The molecule has 0 unspecified atom stereocenters. The lowest BCUT2D eigenvalue weighted by Crippen LogP contribution is -2.30. The Bertz CT molecular complexity index is 958. The van der Waals surface area contributed by atoms with Crippen LogP contribution in [0.5, 0.6) is 0 Å². The molecule has 4 rings (SSSR count). The minimum Gasteiger partial charge on any atom is -0.380 e. The number of imidazole rings is 1. The normalized spacial score (nSPS) is 14.6. The molecule has 4 heterocycles. The fourth-order valence-electron chi connectivity index (χ4n) is 3.75. The number of hydrogen-bond donors (Lipinski definition) is 2. The number of nitrogens with zero attached hydrogens (tertiary/aromatic N) is 6. The number of anilines is 3. The van der Waals surface area contributed by atoms with Gasteiger partial charge in [-0.2, -0.15) is 4.98 Å². The van der Waals surface area contributed by atoms with Gasteiger partial charge in [0.1, 0.15) is 5.82 Å². The summed E-state index contributed by atoms with van der Waals surface area (Å²) in [6.07, 6.45) is 9.29. The fourth-order valence-corrected chi connectivity index (χ4v) is 3.75.